The normalized spacial score (nSPS) is 17.9. The lowest BCUT2D eigenvalue weighted by Crippen LogP contribution is -2.32. The predicted octanol–water partition coefficient (Wildman–Crippen LogP) is 4.15. The Bertz CT molecular complexity index is 720. The largest absolute Gasteiger partial charge is 0.319 e. The van der Waals surface area contributed by atoms with Gasteiger partial charge in [0.05, 0.1) is 15.8 Å². The van der Waals surface area contributed by atoms with Crippen molar-refractivity contribution in [1.29, 1.82) is 0 Å². The fourth-order valence-corrected chi connectivity index (χ4v) is 4.78. The van der Waals surface area contributed by atoms with Gasteiger partial charge in [-0.15, -0.1) is 22.7 Å². The van der Waals surface area contributed by atoms with Gasteiger partial charge in [-0.05, 0) is 25.0 Å². The van der Waals surface area contributed by atoms with Gasteiger partial charge in [0, 0.05) is 5.38 Å². The molecule has 2 aromatic heterocycles. The third-order valence-corrected chi connectivity index (χ3v) is 6.06. The van der Waals surface area contributed by atoms with E-state index in [0.717, 1.165) is 34.1 Å². The summed E-state index contributed by atoms with van der Waals surface area (Å²) in [4.78, 5) is 9.44. The Kier molecular flexibility index (Phi) is 2.87. The molecule has 3 aromatic rings. The average molecular weight is 301 g/mol. The molecule has 4 rings (SSSR count). The van der Waals surface area contributed by atoms with E-state index in [9.17, 15) is 0 Å². The number of fused-ring (bicyclic) bond motifs is 1. The van der Waals surface area contributed by atoms with E-state index < -0.39 is 0 Å². The molecule has 0 amide bonds. The van der Waals surface area contributed by atoms with Crippen molar-refractivity contribution in [3.05, 3.63) is 34.7 Å². The Morgan fingerprint density at radius 2 is 1.90 bits per heavy atom. The van der Waals surface area contributed by atoms with E-state index in [1.165, 1.54) is 17.5 Å². The first-order chi connectivity index (χ1) is 9.74. The molecule has 102 valence electrons. The topological polar surface area (TPSA) is 51.8 Å². The summed E-state index contributed by atoms with van der Waals surface area (Å²) in [6.45, 7) is 0. The van der Waals surface area contributed by atoms with E-state index in [1.807, 2.05) is 18.2 Å². The number of thiazole rings is 2. The number of hydrogen-bond donors (Lipinski definition) is 1. The molecule has 0 bridgehead atoms. The molecular formula is C15H15N3S2. The fraction of sp³-hybridized carbons (Fsp3) is 0.333. The SMILES string of the molecule is NC1(c2nc(-c3nc4ccccc4s3)cs2)CCCC1. The zero-order valence-electron chi connectivity index (χ0n) is 11.0. The second-order valence-corrected chi connectivity index (χ2v) is 7.28. The van der Waals surface area contributed by atoms with Gasteiger partial charge < -0.3 is 5.73 Å². The number of para-hydroxylation sites is 1. The Morgan fingerprint density at radius 1 is 1.10 bits per heavy atom. The van der Waals surface area contributed by atoms with Crippen LogP contribution in [0.15, 0.2) is 29.6 Å². The van der Waals surface area contributed by atoms with Crippen LogP contribution in [0, 0.1) is 0 Å². The van der Waals surface area contributed by atoms with Gasteiger partial charge in [0.25, 0.3) is 0 Å². The lowest BCUT2D eigenvalue weighted by molar-refractivity contribution is 0.459. The van der Waals surface area contributed by atoms with Crippen LogP contribution in [0.1, 0.15) is 30.7 Å². The van der Waals surface area contributed by atoms with Crippen molar-refractivity contribution in [2.45, 2.75) is 31.2 Å². The number of aromatic nitrogens is 2. The fourth-order valence-electron chi connectivity index (χ4n) is 2.80. The summed E-state index contributed by atoms with van der Waals surface area (Å²) in [5, 5.41) is 4.17. The standard InChI is InChI=1S/C15H15N3S2/c16-15(7-3-4-8-15)14-18-11(9-19-14)13-17-10-5-1-2-6-12(10)20-13/h1-2,5-6,9H,3-4,7-8,16H2. The molecule has 20 heavy (non-hydrogen) atoms. The zero-order valence-corrected chi connectivity index (χ0v) is 12.6. The zero-order chi connectivity index (χ0) is 13.6. The Morgan fingerprint density at radius 3 is 2.70 bits per heavy atom. The summed E-state index contributed by atoms with van der Waals surface area (Å²) in [6.07, 6.45) is 4.54. The van der Waals surface area contributed by atoms with E-state index in [4.69, 9.17) is 10.7 Å². The van der Waals surface area contributed by atoms with Gasteiger partial charge >= 0.3 is 0 Å². The van der Waals surface area contributed by atoms with Crippen LogP contribution in [0.25, 0.3) is 20.9 Å². The number of hydrogen-bond acceptors (Lipinski definition) is 5. The first kappa shape index (κ1) is 12.4. The lowest BCUT2D eigenvalue weighted by Gasteiger charge is -2.19. The highest BCUT2D eigenvalue weighted by Gasteiger charge is 2.34. The Hall–Kier alpha value is -1.30. The van der Waals surface area contributed by atoms with Crippen molar-refractivity contribution in [2.75, 3.05) is 0 Å². The van der Waals surface area contributed by atoms with Gasteiger partial charge in [0.2, 0.25) is 0 Å². The molecular weight excluding hydrogens is 286 g/mol. The van der Waals surface area contributed by atoms with Crippen molar-refractivity contribution in [3.63, 3.8) is 0 Å². The number of nitrogens with two attached hydrogens (primary N) is 1. The third-order valence-electron chi connectivity index (χ3n) is 3.94. The molecule has 0 saturated heterocycles. The highest BCUT2D eigenvalue weighted by Crippen LogP contribution is 2.39. The molecule has 2 heterocycles. The van der Waals surface area contributed by atoms with Crippen LogP contribution < -0.4 is 5.73 Å². The maximum absolute atomic E-state index is 6.48. The molecule has 2 N–H and O–H groups in total. The molecule has 1 aliphatic rings. The van der Waals surface area contributed by atoms with Gasteiger partial charge in [-0.1, -0.05) is 25.0 Å². The van der Waals surface area contributed by atoms with Gasteiger partial charge in [-0.25, -0.2) is 9.97 Å². The molecule has 5 heteroatoms. The first-order valence-electron chi connectivity index (χ1n) is 6.85. The van der Waals surface area contributed by atoms with Crippen molar-refractivity contribution in [2.24, 2.45) is 5.73 Å². The van der Waals surface area contributed by atoms with Crippen molar-refractivity contribution < 1.29 is 0 Å². The van der Waals surface area contributed by atoms with Crippen LogP contribution in [-0.2, 0) is 5.54 Å². The van der Waals surface area contributed by atoms with Crippen molar-refractivity contribution >= 4 is 32.9 Å². The maximum Gasteiger partial charge on any atom is 0.143 e. The molecule has 3 nitrogen and oxygen atoms in total. The average Bonchev–Trinajstić information content (AvgIpc) is 3.17. The van der Waals surface area contributed by atoms with Crippen molar-refractivity contribution in [3.8, 4) is 10.7 Å². The number of benzene rings is 1. The van der Waals surface area contributed by atoms with Crippen LogP contribution >= 0.6 is 22.7 Å². The van der Waals surface area contributed by atoms with Crippen LogP contribution in [0.2, 0.25) is 0 Å². The monoisotopic (exact) mass is 301 g/mol. The Labute approximate surface area is 125 Å². The van der Waals surface area contributed by atoms with Gasteiger partial charge in [-0.2, -0.15) is 0 Å². The maximum atomic E-state index is 6.48. The van der Waals surface area contributed by atoms with Gasteiger partial charge in [0.1, 0.15) is 15.7 Å². The molecule has 0 radical (unpaired) electrons. The highest BCUT2D eigenvalue weighted by atomic mass is 32.1. The predicted molar refractivity (Wildman–Crippen MR) is 85.1 cm³/mol. The molecule has 0 spiro atoms. The minimum Gasteiger partial charge on any atom is -0.319 e. The molecule has 1 fully saturated rings. The number of rotatable bonds is 2. The lowest BCUT2D eigenvalue weighted by atomic mass is 10.0. The van der Waals surface area contributed by atoms with Gasteiger partial charge in [0.15, 0.2) is 0 Å². The summed E-state index contributed by atoms with van der Waals surface area (Å²) in [7, 11) is 0. The minimum atomic E-state index is -0.195. The van der Waals surface area contributed by atoms with E-state index in [2.05, 4.69) is 16.4 Å². The second kappa shape index (κ2) is 4.62. The van der Waals surface area contributed by atoms with Crippen LogP contribution in [0.5, 0.6) is 0 Å². The Balaban J connectivity index is 1.74. The summed E-state index contributed by atoms with van der Waals surface area (Å²) in [6, 6.07) is 8.21. The van der Waals surface area contributed by atoms with E-state index in [1.54, 1.807) is 22.7 Å². The van der Waals surface area contributed by atoms with Crippen molar-refractivity contribution in [1.82, 2.24) is 9.97 Å². The van der Waals surface area contributed by atoms with E-state index in [-0.39, 0.29) is 5.54 Å². The summed E-state index contributed by atoms with van der Waals surface area (Å²) in [5.74, 6) is 0. The van der Waals surface area contributed by atoms with E-state index in [0.29, 0.717) is 0 Å². The summed E-state index contributed by atoms with van der Waals surface area (Å²) >= 11 is 3.38. The summed E-state index contributed by atoms with van der Waals surface area (Å²) in [5.41, 5.74) is 8.30. The van der Waals surface area contributed by atoms with Gasteiger partial charge in [-0.3, -0.25) is 0 Å². The molecule has 0 unspecified atom stereocenters. The highest BCUT2D eigenvalue weighted by molar-refractivity contribution is 7.21. The molecule has 1 saturated carbocycles. The minimum absolute atomic E-state index is 0.195. The summed E-state index contributed by atoms with van der Waals surface area (Å²) < 4.78 is 1.21. The molecule has 1 aliphatic carbocycles. The second-order valence-electron chi connectivity index (χ2n) is 5.39. The molecule has 0 aliphatic heterocycles. The number of nitrogens with zero attached hydrogens (tertiary/aromatic N) is 2. The quantitative estimate of drug-likeness (QED) is 0.773. The molecule has 1 aromatic carbocycles. The third kappa shape index (κ3) is 1.97. The molecule has 0 atom stereocenters. The van der Waals surface area contributed by atoms with Crippen LogP contribution in [0.3, 0.4) is 0 Å². The first-order valence-corrected chi connectivity index (χ1v) is 8.55. The van der Waals surface area contributed by atoms with E-state index >= 15 is 0 Å². The smallest absolute Gasteiger partial charge is 0.143 e. The van der Waals surface area contributed by atoms with Crippen LogP contribution in [-0.4, -0.2) is 9.97 Å². The van der Waals surface area contributed by atoms with Crippen LogP contribution in [0.4, 0.5) is 0 Å².